The van der Waals surface area contributed by atoms with Gasteiger partial charge >= 0.3 is 0 Å². The molecule has 0 radical (unpaired) electrons. The Morgan fingerprint density at radius 3 is 2.03 bits per heavy atom. The van der Waals surface area contributed by atoms with Crippen molar-refractivity contribution >= 4 is 22.9 Å². The van der Waals surface area contributed by atoms with Gasteiger partial charge in [0, 0.05) is 5.56 Å². The van der Waals surface area contributed by atoms with E-state index in [1.165, 1.54) is 19.1 Å². The Balaban J connectivity index is 0.000000991. The Morgan fingerprint density at radius 2 is 1.42 bits per heavy atom. The molecule has 0 fully saturated rings. The van der Waals surface area contributed by atoms with E-state index in [-0.39, 0.29) is 18.1 Å². The quantitative estimate of drug-likeness (QED) is 0.348. The van der Waals surface area contributed by atoms with E-state index in [0.29, 0.717) is 5.56 Å². The van der Waals surface area contributed by atoms with Gasteiger partial charge in [0.25, 0.3) is 0 Å². The van der Waals surface area contributed by atoms with E-state index in [2.05, 4.69) is 38.2 Å². The summed E-state index contributed by atoms with van der Waals surface area (Å²) in [6.07, 6.45) is 4.24. The summed E-state index contributed by atoms with van der Waals surface area (Å²) in [5.74, 6) is -0.0723. The molecule has 0 unspecified atom stereocenters. The van der Waals surface area contributed by atoms with E-state index in [1.807, 2.05) is 74.5 Å². The standard InChI is InChI=1S/C19H16N2O2.2C3H8.C2H6/c22-18-11-10-15-8-4-5-9-16(15)17(18)13-20-21-19(23)12-14-6-2-1-3-7-14;2*1-3-2;1-2/h1-11,13,22H,12H2,(H,21,23);2*3H2,1-2H3;1-2H3/b20-13+;;;. The van der Waals surface area contributed by atoms with Gasteiger partial charge in [0.15, 0.2) is 0 Å². The van der Waals surface area contributed by atoms with Gasteiger partial charge in [-0.25, -0.2) is 5.43 Å². The van der Waals surface area contributed by atoms with Crippen LogP contribution in [0.4, 0.5) is 0 Å². The van der Waals surface area contributed by atoms with E-state index in [4.69, 9.17) is 0 Å². The van der Waals surface area contributed by atoms with Crippen molar-refractivity contribution in [1.82, 2.24) is 5.43 Å². The van der Waals surface area contributed by atoms with Crippen LogP contribution in [0.3, 0.4) is 0 Å². The highest BCUT2D eigenvalue weighted by molar-refractivity contribution is 6.02. The summed E-state index contributed by atoms with van der Waals surface area (Å²) in [5, 5.41) is 15.9. The largest absolute Gasteiger partial charge is 0.507 e. The topological polar surface area (TPSA) is 61.7 Å². The molecule has 2 N–H and O–H groups in total. The lowest BCUT2D eigenvalue weighted by molar-refractivity contribution is -0.120. The molecule has 0 aliphatic heterocycles. The molecule has 0 aliphatic rings. The Bertz CT molecular complexity index is 888. The second kappa shape index (κ2) is 17.7. The maximum atomic E-state index is 11.9. The van der Waals surface area contributed by atoms with Crippen LogP contribution in [0.15, 0.2) is 71.8 Å². The SMILES string of the molecule is CC.CCC.CCC.O=C(Cc1ccccc1)N/N=C/c1c(O)ccc2ccccc12. The van der Waals surface area contributed by atoms with Crippen molar-refractivity contribution in [2.45, 2.75) is 60.8 Å². The van der Waals surface area contributed by atoms with E-state index < -0.39 is 0 Å². The van der Waals surface area contributed by atoms with Crippen LogP contribution in [-0.2, 0) is 11.2 Å². The first kappa shape index (κ1) is 27.9. The van der Waals surface area contributed by atoms with Crippen LogP contribution in [0.2, 0.25) is 0 Å². The molecule has 168 valence electrons. The van der Waals surface area contributed by atoms with Crippen molar-refractivity contribution in [3.63, 3.8) is 0 Å². The Hall–Kier alpha value is -3.14. The predicted octanol–water partition coefficient (Wildman–Crippen LogP) is 7.10. The third-order valence-corrected chi connectivity index (χ3v) is 3.54. The molecule has 31 heavy (non-hydrogen) atoms. The summed E-state index contributed by atoms with van der Waals surface area (Å²) in [6.45, 7) is 12.5. The molecule has 0 bridgehead atoms. The smallest absolute Gasteiger partial charge is 0.244 e. The molecule has 3 aromatic rings. The van der Waals surface area contributed by atoms with Crippen molar-refractivity contribution < 1.29 is 9.90 Å². The molecule has 3 aromatic carbocycles. The third kappa shape index (κ3) is 11.0. The molecule has 3 rings (SSSR count). The lowest BCUT2D eigenvalue weighted by atomic mass is 10.0. The van der Waals surface area contributed by atoms with E-state index >= 15 is 0 Å². The van der Waals surface area contributed by atoms with Crippen LogP contribution in [0.1, 0.15) is 65.5 Å². The summed E-state index contributed by atoms with van der Waals surface area (Å²) >= 11 is 0. The predicted molar refractivity (Wildman–Crippen MR) is 135 cm³/mol. The lowest BCUT2D eigenvalue weighted by Crippen LogP contribution is -2.19. The van der Waals surface area contributed by atoms with Crippen LogP contribution in [-0.4, -0.2) is 17.2 Å². The minimum absolute atomic E-state index is 0.129. The highest BCUT2D eigenvalue weighted by atomic mass is 16.3. The van der Waals surface area contributed by atoms with Crippen LogP contribution >= 0.6 is 0 Å². The number of nitrogens with zero attached hydrogens (tertiary/aromatic N) is 1. The number of benzene rings is 3. The Labute approximate surface area is 188 Å². The van der Waals surface area contributed by atoms with Crippen LogP contribution in [0.25, 0.3) is 10.8 Å². The van der Waals surface area contributed by atoms with Gasteiger partial charge in [-0.2, -0.15) is 5.10 Å². The first-order valence-corrected chi connectivity index (χ1v) is 11.1. The number of phenols is 1. The molecule has 0 aromatic heterocycles. The van der Waals surface area contributed by atoms with Gasteiger partial charge in [0.05, 0.1) is 12.6 Å². The molecule has 0 aliphatic carbocycles. The molecule has 0 atom stereocenters. The molecule has 0 spiro atoms. The molecule has 1 amide bonds. The number of nitrogens with one attached hydrogen (secondary N) is 1. The number of fused-ring (bicyclic) bond motifs is 1. The van der Waals surface area contributed by atoms with E-state index in [0.717, 1.165) is 16.3 Å². The number of carbonyl (C=O) groups is 1. The molecular weight excluding hydrogens is 384 g/mol. The number of rotatable bonds is 4. The zero-order valence-corrected chi connectivity index (χ0v) is 19.9. The molecule has 0 saturated carbocycles. The summed E-state index contributed by atoms with van der Waals surface area (Å²) in [6, 6.07) is 20.6. The fraction of sp³-hybridized carbons (Fsp3) is 0.333. The van der Waals surface area contributed by atoms with Gasteiger partial charge in [0.2, 0.25) is 5.91 Å². The van der Waals surface area contributed by atoms with Crippen molar-refractivity contribution in [2.75, 3.05) is 0 Å². The molecule has 0 saturated heterocycles. The third-order valence-electron chi connectivity index (χ3n) is 3.54. The Morgan fingerprint density at radius 1 is 0.871 bits per heavy atom. The number of hydrogen-bond donors (Lipinski definition) is 2. The molecular formula is C27H38N2O2. The first-order chi connectivity index (χ1) is 15.1. The van der Waals surface area contributed by atoms with Gasteiger partial charge < -0.3 is 5.11 Å². The fourth-order valence-corrected chi connectivity index (χ4v) is 2.41. The average Bonchev–Trinajstić information content (AvgIpc) is 2.78. The number of phenolic OH excluding ortho intramolecular Hbond substituents is 1. The van der Waals surface area contributed by atoms with Gasteiger partial charge in [0.1, 0.15) is 5.75 Å². The lowest BCUT2D eigenvalue weighted by Gasteiger charge is -2.05. The van der Waals surface area contributed by atoms with Crippen molar-refractivity contribution in [3.8, 4) is 5.75 Å². The second-order valence-electron chi connectivity index (χ2n) is 6.59. The summed E-state index contributed by atoms with van der Waals surface area (Å²) < 4.78 is 0. The highest BCUT2D eigenvalue weighted by Crippen LogP contribution is 2.25. The zero-order chi connectivity index (χ0) is 23.5. The minimum atomic E-state index is -0.202. The molecule has 4 heteroatoms. The fourth-order valence-electron chi connectivity index (χ4n) is 2.41. The van der Waals surface area contributed by atoms with Crippen LogP contribution < -0.4 is 5.43 Å². The number of carbonyl (C=O) groups excluding carboxylic acids is 1. The van der Waals surface area contributed by atoms with Gasteiger partial charge in [-0.05, 0) is 22.4 Å². The molecule has 4 nitrogen and oxygen atoms in total. The second-order valence-corrected chi connectivity index (χ2v) is 6.59. The zero-order valence-electron chi connectivity index (χ0n) is 19.9. The Kier molecular flexibility index (Phi) is 15.9. The van der Waals surface area contributed by atoms with Crippen molar-refractivity contribution in [1.29, 1.82) is 0 Å². The van der Waals surface area contributed by atoms with Gasteiger partial charge in [-0.15, -0.1) is 0 Å². The number of amides is 1. The van der Waals surface area contributed by atoms with Crippen LogP contribution in [0, 0.1) is 0 Å². The number of hydrazone groups is 1. The van der Waals surface area contributed by atoms with Gasteiger partial charge in [-0.3, -0.25) is 4.79 Å². The monoisotopic (exact) mass is 422 g/mol. The van der Waals surface area contributed by atoms with Gasteiger partial charge in [-0.1, -0.05) is 115 Å². The molecule has 0 heterocycles. The number of hydrogen-bond acceptors (Lipinski definition) is 3. The van der Waals surface area contributed by atoms with Crippen molar-refractivity contribution in [2.24, 2.45) is 5.10 Å². The normalized spacial score (nSPS) is 9.48. The van der Waals surface area contributed by atoms with Crippen molar-refractivity contribution in [3.05, 3.63) is 77.9 Å². The summed E-state index contributed by atoms with van der Waals surface area (Å²) in [5.41, 5.74) is 4.00. The summed E-state index contributed by atoms with van der Waals surface area (Å²) in [4.78, 5) is 11.9. The summed E-state index contributed by atoms with van der Waals surface area (Å²) in [7, 11) is 0. The minimum Gasteiger partial charge on any atom is -0.507 e. The van der Waals surface area contributed by atoms with Crippen LogP contribution in [0.5, 0.6) is 5.75 Å². The van der Waals surface area contributed by atoms with E-state index in [1.54, 1.807) is 6.07 Å². The maximum Gasteiger partial charge on any atom is 0.244 e. The number of aromatic hydroxyl groups is 1. The highest BCUT2D eigenvalue weighted by Gasteiger charge is 2.05. The van der Waals surface area contributed by atoms with E-state index in [9.17, 15) is 9.90 Å². The average molecular weight is 423 g/mol. The maximum absolute atomic E-state index is 11.9. The first-order valence-electron chi connectivity index (χ1n) is 11.1.